The summed E-state index contributed by atoms with van der Waals surface area (Å²) < 4.78 is 9.59. The van der Waals surface area contributed by atoms with Gasteiger partial charge in [-0.15, -0.1) is 0 Å². The molecule has 0 heterocycles. The summed E-state index contributed by atoms with van der Waals surface area (Å²) in [7, 11) is 0. The molecule has 0 rings (SSSR count). The summed E-state index contributed by atoms with van der Waals surface area (Å²) in [4.78, 5) is 27.0. The lowest BCUT2D eigenvalue weighted by Gasteiger charge is -2.08. The molecule has 6 nitrogen and oxygen atoms in total. The summed E-state index contributed by atoms with van der Waals surface area (Å²) in [6.45, 7) is 6.02. The van der Waals surface area contributed by atoms with Crippen LogP contribution in [0.15, 0.2) is 0 Å². The first-order chi connectivity index (χ1) is 8.06. The first kappa shape index (κ1) is 15.9. The van der Waals surface area contributed by atoms with Gasteiger partial charge in [-0.2, -0.15) is 5.48 Å². The third kappa shape index (κ3) is 11.1. The van der Waals surface area contributed by atoms with Gasteiger partial charge in [0.15, 0.2) is 0 Å². The summed E-state index contributed by atoms with van der Waals surface area (Å²) >= 11 is 0. The number of nitrogens with one attached hydrogen (secondary N) is 1. The molecule has 0 atom stereocenters. The van der Waals surface area contributed by atoms with Crippen molar-refractivity contribution in [1.82, 2.24) is 5.48 Å². The van der Waals surface area contributed by atoms with Crippen molar-refractivity contribution in [3.8, 4) is 0 Å². The van der Waals surface area contributed by atoms with E-state index in [1.165, 1.54) is 0 Å². The van der Waals surface area contributed by atoms with Gasteiger partial charge in [-0.3, -0.25) is 14.4 Å². The maximum Gasteiger partial charge on any atom is 0.322 e. The van der Waals surface area contributed by atoms with Crippen molar-refractivity contribution < 1.29 is 23.9 Å². The minimum Gasteiger partial charge on any atom is -0.466 e. The van der Waals surface area contributed by atoms with Crippen molar-refractivity contribution in [2.75, 3.05) is 19.8 Å². The number of hydrogen-bond donors (Lipinski definition) is 1. The molecule has 0 unspecified atom stereocenters. The van der Waals surface area contributed by atoms with Gasteiger partial charge in [-0.1, -0.05) is 0 Å². The Hall–Kier alpha value is -1.14. The van der Waals surface area contributed by atoms with Gasteiger partial charge in [0.05, 0.1) is 19.3 Å². The van der Waals surface area contributed by atoms with Gasteiger partial charge in [-0.05, 0) is 27.2 Å². The lowest BCUT2D eigenvalue weighted by molar-refractivity contribution is -0.149. The molecule has 0 fully saturated rings. The van der Waals surface area contributed by atoms with Crippen LogP contribution in [0.1, 0.15) is 33.6 Å². The fraction of sp³-hybridized carbons (Fsp3) is 0.818. The van der Waals surface area contributed by atoms with Crippen LogP contribution in [0.2, 0.25) is 0 Å². The van der Waals surface area contributed by atoms with Gasteiger partial charge in [0.2, 0.25) is 0 Å². The normalized spacial score (nSPS) is 10.4. The fourth-order valence-corrected chi connectivity index (χ4v) is 0.954. The second-order valence-corrected chi connectivity index (χ2v) is 3.62. The molecular weight excluding hydrogens is 226 g/mol. The van der Waals surface area contributed by atoms with E-state index in [-0.39, 0.29) is 31.6 Å². The van der Waals surface area contributed by atoms with Crippen molar-refractivity contribution in [1.29, 1.82) is 0 Å². The van der Waals surface area contributed by atoms with Gasteiger partial charge in [0.25, 0.3) is 0 Å². The predicted octanol–water partition coefficient (Wildman–Crippen LogP) is 0.802. The van der Waals surface area contributed by atoms with E-state index < -0.39 is 5.97 Å². The number of rotatable bonds is 9. The lowest BCUT2D eigenvalue weighted by atomic mass is 10.3. The first-order valence-corrected chi connectivity index (χ1v) is 5.76. The summed E-state index contributed by atoms with van der Waals surface area (Å²) in [6, 6.07) is 0. The van der Waals surface area contributed by atoms with Crippen molar-refractivity contribution in [2.24, 2.45) is 0 Å². The van der Waals surface area contributed by atoms with E-state index in [4.69, 9.17) is 14.3 Å². The molecule has 0 aliphatic carbocycles. The predicted molar refractivity (Wildman–Crippen MR) is 61.0 cm³/mol. The molecule has 0 aliphatic rings. The SMILES string of the molecule is CCOC(=O)CCCOC(=O)CNOC(C)C. The average Bonchev–Trinajstić information content (AvgIpc) is 2.24. The summed E-state index contributed by atoms with van der Waals surface area (Å²) in [6.07, 6.45) is 0.735. The number of esters is 2. The smallest absolute Gasteiger partial charge is 0.322 e. The molecule has 0 aliphatic heterocycles. The van der Waals surface area contributed by atoms with Gasteiger partial charge >= 0.3 is 11.9 Å². The van der Waals surface area contributed by atoms with Crippen LogP contribution in [-0.2, 0) is 23.9 Å². The fourth-order valence-electron chi connectivity index (χ4n) is 0.954. The molecule has 17 heavy (non-hydrogen) atoms. The van der Waals surface area contributed by atoms with Crippen LogP contribution < -0.4 is 5.48 Å². The second-order valence-electron chi connectivity index (χ2n) is 3.62. The number of carbonyl (C=O) groups excluding carboxylic acids is 2. The molecule has 0 bridgehead atoms. The van der Waals surface area contributed by atoms with E-state index in [0.717, 1.165) is 0 Å². The van der Waals surface area contributed by atoms with Crippen LogP contribution >= 0.6 is 0 Å². The van der Waals surface area contributed by atoms with Crippen molar-refractivity contribution in [3.63, 3.8) is 0 Å². The van der Waals surface area contributed by atoms with Crippen molar-refractivity contribution in [2.45, 2.75) is 39.7 Å². The Bertz CT molecular complexity index is 230. The van der Waals surface area contributed by atoms with Crippen LogP contribution in [-0.4, -0.2) is 37.8 Å². The highest BCUT2D eigenvalue weighted by molar-refractivity contribution is 5.71. The van der Waals surface area contributed by atoms with Crippen molar-refractivity contribution >= 4 is 11.9 Å². The van der Waals surface area contributed by atoms with Gasteiger partial charge in [-0.25, -0.2) is 0 Å². The van der Waals surface area contributed by atoms with E-state index in [1.807, 2.05) is 13.8 Å². The van der Waals surface area contributed by atoms with Crippen LogP contribution in [0.25, 0.3) is 0 Å². The standard InChI is InChI=1S/C11H21NO5/c1-4-15-10(13)6-5-7-16-11(14)8-12-17-9(2)3/h9,12H,4-8H2,1-3H3. The van der Waals surface area contributed by atoms with Gasteiger partial charge < -0.3 is 9.47 Å². The van der Waals surface area contributed by atoms with E-state index in [2.05, 4.69) is 5.48 Å². The van der Waals surface area contributed by atoms with E-state index >= 15 is 0 Å². The topological polar surface area (TPSA) is 73.9 Å². The van der Waals surface area contributed by atoms with E-state index in [1.54, 1.807) is 6.92 Å². The zero-order valence-corrected chi connectivity index (χ0v) is 10.7. The maximum absolute atomic E-state index is 11.1. The van der Waals surface area contributed by atoms with Crippen LogP contribution in [0.5, 0.6) is 0 Å². The Kier molecular flexibility index (Phi) is 9.37. The molecule has 0 radical (unpaired) electrons. The molecule has 0 aromatic rings. The van der Waals surface area contributed by atoms with E-state index in [0.29, 0.717) is 13.0 Å². The molecule has 0 saturated carbocycles. The highest BCUT2D eigenvalue weighted by Gasteiger charge is 2.05. The zero-order chi connectivity index (χ0) is 13.1. The lowest BCUT2D eigenvalue weighted by Crippen LogP contribution is -2.27. The van der Waals surface area contributed by atoms with Gasteiger partial charge in [0, 0.05) is 6.42 Å². The highest BCUT2D eigenvalue weighted by atomic mass is 16.7. The average molecular weight is 247 g/mol. The quantitative estimate of drug-likeness (QED) is 0.369. The molecule has 0 aromatic heterocycles. The third-order valence-corrected chi connectivity index (χ3v) is 1.63. The largest absolute Gasteiger partial charge is 0.466 e. The van der Waals surface area contributed by atoms with E-state index in [9.17, 15) is 9.59 Å². The molecule has 0 amide bonds. The highest BCUT2D eigenvalue weighted by Crippen LogP contribution is 1.94. The molecule has 0 saturated heterocycles. The molecule has 0 aromatic carbocycles. The Balaban J connectivity index is 3.36. The van der Waals surface area contributed by atoms with Gasteiger partial charge in [0.1, 0.15) is 6.54 Å². The van der Waals surface area contributed by atoms with Crippen LogP contribution in [0.3, 0.4) is 0 Å². The third-order valence-electron chi connectivity index (χ3n) is 1.63. The summed E-state index contributed by atoms with van der Waals surface area (Å²) in [5, 5.41) is 0. The molecule has 100 valence electrons. The minimum atomic E-state index is -0.408. The molecular formula is C11H21NO5. The minimum absolute atomic E-state index is 0.00239. The van der Waals surface area contributed by atoms with Crippen LogP contribution in [0.4, 0.5) is 0 Å². The Morgan fingerprint density at radius 1 is 1.18 bits per heavy atom. The number of hydroxylamine groups is 1. The molecule has 0 spiro atoms. The maximum atomic E-state index is 11.1. The Morgan fingerprint density at radius 2 is 1.88 bits per heavy atom. The molecule has 1 N–H and O–H groups in total. The Labute approximate surface area is 102 Å². The monoisotopic (exact) mass is 247 g/mol. The summed E-state index contributed by atoms with van der Waals surface area (Å²) in [5.41, 5.74) is 2.49. The van der Waals surface area contributed by atoms with Crippen LogP contribution in [0, 0.1) is 0 Å². The number of ether oxygens (including phenoxy) is 2. The first-order valence-electron chi connectivity index (χ1n) is 5.76. The number of carbonyl (C=O) groups is 2. The summed E-state index contributed by atoms with van der Waals surface area (Å²) in [5.74, 6) is -0.681. The molecule has 6 heteroatoms. The zero-order valence-electron chi connectivity index (χ0n) is 10.7. The second kappa shape index (κ2) is 10.0. The number of hydrogen-bond acceptors (Lipinski definition) is 6. The Morgan fingerprint density at radius 3 is 2.47 bits per heavy atom. The van der Waals surface area contributed by atoms with Crippen molar-refractivity contribution in [3.05, 3.63) is 0 Å².